The molecule has 0 unspecified atom stereocenters. The van der Waals surface area contributed by atoms with Crippen LogP contribution < -0.4 is 5.73 Å². The van der Waals surface area contributed by atoms with E-state index in [4.69, 9.17) is 10.7 Å². The summed E-state index contributed by atoms with van der Waals surface area (Å²) in [5.41, 5.74) is 10.5. The highest BCUT2D eigenvalue weighted by molar-refractivity contribution is 6.04. The zero-order valence-electron chi connectivity index (χ0n) is 20.5. The third kappa shape index (κ3) is 4.10. The second-order valence-electron chi connectivity index (χ2n) is 9.23. The van der Waals surface area contributed by atoms with Gasteiger partial charge < -0.3 is 10.8 Å². The highest BCUT2D eigenvalue weighted by Gasteiger charge is 2.31. The maximum atomic E-state index is 12.6. The quantitative estimate of drug-likeness (QED) is 0.326. The number of rotatable bonds is 6. The molecular formula is C28H24N6O3. The van der Waals surface area contributed by atoms with Crippen LogP contribution in [0.25, 0.3) is 39.3 Å². The summed E-state index contributed by atoms with van der Waals surface area (Å²) in [7, 11) is 0. The van der Waals surface area contributed by atoms with Crippen LogP contribution in [-0.2, 0) is 10.2 Å². The summed E-state index contributed by atoms with van der Waals surface area (Å²) in [4.78, 5) is 38.0. The molecule has 0 aliphatic rings. The van der Waals surface area contributed by atoms with Gasteiger partial charge in [0, 0.05) is 34.6 Å². The number of nitrogens with two attached hydrogens (primary N) is 1. The summed E-state index contributed by atoms with van der Waals surface area (Å²) in [6.07, 6.45) is 4.90. The molecule has 4 heterocycles. The van der Waals surface area contributed by atoms with Gasteiger partial charge in [-0.05, 0) is 39.0 Å². The van der Waals surface area contributed by atoms with Crippen molar-refractivity contribution in [3.8, 4) is 33.6 Å². The summed E-state index contributed by atoms with van der Waals surface area (Å²) in [6, 6.07) is 17.0. The largest absolute Gasteiger partial charge is 0.481 e. The van der Waals surface area contributed by atoms with E-state index in [1.807, 2.05) is 42.5 Å². The van der Waals surface area contributed by atoms with Gasteiger partial charge in [-0.25, -0.2) is 4.98 Å². The molecule has 9 nitrogen and oxygen atoms in total. The van der Waals surface area contributed by atoms with E-state index in [1.165, 1.54) is 17.6 Å². The number of Topliss-reactive ketones (excluding diaryl/α,β-unsaturated/α-hetero) is 1. The van der Waals surface area contributed by atoms with Crippen molar-refractivity contribution >= 4 is 23.2 Å². The van der Waals surface area contributed by atoms with Gasteiger partial charge in [0.15, 0.2) is 11.4 Å². The Labute approximate surface area is 212 Å². The first-order chi connectivity index (χ1) is 17.7. The first-order valence-corrected chi connectivity index (χ1v) is 11.6. The molecule has 0 amide bonds. The summed E-state index contributed by atoms with van der Waals surface area (Å²) in [6.45, 7) is 4.57. The lowest BCUT2D eigenvalue weighted by Gasteiger charge is -2.19. The van der Waals surface area contributed by atoms with E-state index >= 15 is 0 Å². The third-order valence-corrected chi connectivity index (χ3v) is 6.39. The molecular weight excluding hydrogens is 468 g/mol. The lowest BCUT2D eigenvalue weighted by atomic mass is 9.88. The van der Waals surface area contributed by atoms with Crippen molar-refractivity contribution in [1.82, 2.24) is 24.6 Å². The van der Waals surface area contributed by atoms with Gasteiger partial charge in [-0.2, -0.15) is 9.61 Å². The van der Waals surface area contributed by atoms with Crippen LogP contribution in [-0.4, -0.2) is 41.4 Å². The van der Waals surface area contributed by atoms with E-state index in [2.05, 4.69) is 15.1 Å². The van der Waals surface area contributed by atoms with Crippen LogP contribution >= 0.6 is 0 Å². The standard InChI is InChI=1S/C28H24N6O3/c1-16(35)23-24(19-10-12-22(31-14-19)28(2,3)27(36)37)33-26-20(15-32-34(26)25(23)29)18-9-11-21(30-13-18)17-7-5-4-6-8-17/h4-15H,29H2,1-3H3,(H,36,37). The smallest absolute Gasteiger partial charge is 0.315 e. The number of aromatic nitrogens is 5. The fraction of sp³-hybridized carbons (Fsp3) is 0.143. The summed E-state index contributed by atoms with van der Waals surface area (Å²) >= 11 is 0. The Balaban J connectivity index is 1.63. The van der Waals surface area contributed by atoms with Gasteiger partial charge in [0.2, 0.25) is 0 Å². The second kappa shape index (κ2) is 8.94. The maximum absolute atomic E-state index is 12.6. The van der Waals surface area contributed by atoms with Crippen LogP contribution in [0.5, 0.6) is 0 Å². The zero-order chi connectivity index (χ0) is 26.3. The van der Waals surface area contributed by atoms with Crippen molar-refractivity contribution in [2.45, 2.75) is 26.2 Å². The van der Waals surface area contributed by atoms with E-state index in [0.29, 0.717) is 28.2 Å². The molecule has 9 heteroatoms. The molecule has 1 aromatic carbocycles. The Morgan fingerprint density at radius 2 is 1.59 bits per heavy atom. The summed E-state index contributed by atoms with van der Waals surface area (Å²) < 4.78 is 1.44. The van der Waals surface area contributed by atoms with Crippen LogP contribution in [0, 0.1) is 0 Å². The minimum Gasteiger partial charge on any atom is -0.481 e. The molecule has 0 aliphatic heterocycles. The number of carbonyl (C=O) groups is 2. The molecule has 37 heavy (non-hydrogen) atoms. The molecule has 0 fully saturated rings. The average molecular weight is 493 g/mol. The molecule has 0 bridgehead atoms. The molecule has 5 rings (SSSR count). The SMILES string of the molecule is CC(=O)c1c(-c2ccc(C(C)(C)C(=O)O)nc2)nc2c(-c3ccc(-c4ccccc4)nc3)cnn2c1N. The predicted octanol–water partition coefficient (Wildman–Crippen LogP) is 4.67. The van der Waals surface area contributed by atoms with Crippen LogP contribution in [0.1, 0.15) is 36.8 Å². The van der Waals surface area contributed by atoms with Crippen LogP contribution in [0.3, 0.4) is 0 Å². The number of benzene rings is 1. The van der Waals surface area contributed by atoms with Gasteiger partial charge in [-0.1, -0.05) is 36.4 Å². The number of fused-ring (bicyclic) bond motifs is 1. The number of ketones is 1. The normalized spacial score (nSPS) is 11.5. The summed E-state index contributed by atoms with van der Waals surface area (Å²) in [5, 5.41) is 13.9. The van der Waals surface area contributed by atoms with Crippen molar-refractivity contribution in [2.24, 2.45) is 0 Å². The van der Waals surface area contributed by atoms with Gasteiger partial charge in [0.1, 0.15) is 11.2 Å². The van der Waals surface area contributed by atoms with Crippen molar-refractivity contribution in [3.05, 3.63) is 84.4 Å². The number of carboxylic acids is 1. The van der Waals surface area contributed by atoms with E-state index in [1.54, 1.807) is 38.4 Å². The Kier molecular flexibility index (Phi) is 5.75. The van der Waals surface area contributed by atoms with Gasteiger partial charge in [-0.15, -0.1) is 0 Å². The van der Waals surface area contributed by atoms with Crippen LogP contribution in [0.15, 0.2) is 73.2 Å². The van der Waals surface area contributed by atoms with Gasteiger partial charge in [-0.3, -0.25) is 19.6 Å². The number of carbonyl (C=O) groups excluding carboxylic acids is 1. The number of nitrogen functional groups attached to an aromatic ring is 1. The molecule has 184 valence electrons. The molecule has 0 radical (unpaired) electrons. The number of nitrogens with zero attached hydrogens (tertiary/aromatic N) is 5. The first-order valence-electron chi connectivity index (χ1n) is 11.6. The Morgan fingerprint density at radius 3 is 2.19 bits per heavy atom. The maximum Gasteiger partial charge on any atom is 0.315 e. The molecule has 4 aromatic heterocycles. The Hall–Kier alpha value is -4.92. The number of aliphatic carboxylic acids is 1. The molecule has 5 aromatic rings. The number of pyridine rings is 2. The number of carboxylic acid groups (broad SMARTS) is 1. The van der Waals surface area contributed by atoms with E-state index in [9.17, 15) is 14.7 Å². The van der Waals surface area contributed by atoms with Gasteiger partial charge >= 0.3 is 5.97 Å². The Morgan fingerprint density at radius 1 is 0.892 bits per heavy atom. The fourth-order valence-corrected chi connectivity index (χ4v) is 4.12. The molecule has 0 atom stereocenters. The molecule has 0 saturated carbocycles. The number of hydrogen-bond acceptors (Lipinski definition) is 7. The lowest BCUT2D eigenvalue weighted by Crippen LogP contribution is -2.29. The van der Waals surface area contributed by atoms with E-state index in [0.717, 1.165) is 16.8 Å². The van der Waals surface area contributed by atoms with E-state index in [-0.39, 0.29) is 17.2 Å². The van der Waals surface area contributed by atoms with Crippen molar-refractivity contribution in [1.29, 1.82) is 0 Å². The topological polar surface area (TPSA) is 136 Å². The predicted molar refractivity (Wildman–Crippen MR) is 140 cm³/mol. The molecule has 3 N–H and O–H groups in total. The number of hydrogen-bond donors (Lipinski definition) is 2. The van der Waals surface area contributed by atoms with Crippen molar-refractivity contribution < 1.29 is 14.7 Å². The summed E-state index contributed by atoms with van der Waals surface area (Å²) in [5.74, 6) is -1.11. The third-order valence-electron chi connectivity index (χ3n) is 6.39. The highest BCUT2D eigenvalue weighted by Crippen LogP contribution is 2.33. The van der Waals surface area contributed by atoms with Gasteiger partial charge in [0.05, 0.1) is 28.8 Å². The molecule has 0 aliphatic carbocycles. The first kappa shape index (κ1) is 23.8. The average Bonchev–Trinajstić information content (AvgIpc) is 3.33. The van der Waals surface area contributed by atoms with E-state index < -0.39 is 11.4 Å². The highest BCUT2D eigenvalue weighted by atomic mass is 16.4. The zero-order valence-corrected chi connectivity index (χ0v) is 20.5. The molecule has 0 saturated heterocycles. The van der Waals surface area contributed by atoms with Crippen LogP contribution in [0.4, 0.5) is 5.82 Å². The fourth-order valence-electron chi connectivity index (χ4n) is 4.12. The Bertz CT molecular complexity index is 1640. The molecule has 0 spiro atoms. The second-order valence-corrected chi connectivity index (χ2v) is 9.23. The monoisotopic (exact) mass is 492 g/mol. The minimum atomic E-state index is -1.17. The lowest BCUT2D eigenvalue weighted by molar-refractivity contribution is -0.142. The number of anilines is 1. The minimum absolute atomic E-state index is 0.155. The van der Waals surface area contributed by atoms with Crippen molar-refractivity contribution in [2.75, 3.05) is 5.73 Å². The van der Waals surface area contributed by atoms with Crippen LogP contribution in [0.2, 0.25) is 0 Å². The van der Waals surface area contributed by atoms with Gasteiger partial charge in [0.25, 0.3) is 0 Å². The van der Waals surface area contributed by atoms with Crippen molar-refractivity contribution in [3.63, 3.8) is 0 Å².